The van der Waals surface area contributed by atoms with Crippen LogP contribution in [-0.4, -0.2) is 24.8 Å². The van der Waals surface area contributed by atoms with E-state index in [1.807, 2.05) is 0 Å². The summed E-state index contributed by atoms with van der Waals surface area (Å²) in [6.45, 7) is 0. The van der Waals surface area contributed by atoms with E-state index in [4.69, 9.17) is 11.6 Å². The highest BCUT2D eigenvalue weighted by molar-refractivity contribution is 6.31. The van der Waals surface area contributed by atoms with E-state index < -0.39 is 11.6 Å². The molecule has 0 heterocycles. The van der Waals surface area contributed by atoms with Gasteiger partial charge in [0.05, 0.1) is 10.6 Å². The smallest absolute Gasteiger partial charge is 0.190 e. The van der Waals surface area contributed by atoms with Crippen molar-refractivity contribution in [2.75, 3.05) is 14.1 Å². The molecule has 0 spiro atoms. The lowest BCUT2D eigenvalue weighted by Crippen LogP contribution is -2.04. The molecule has 80 valence electrons. The number of ketones is 1. The lowest BCUT2D eigenvalue weighted by molar-refractivity contribution is 0.104. The normalized spacial score (nSPS) is 10.7. The molecule has 0 aliphatic heterocycles. The highest BCUT2D eigenvalue weighted by Crippen LogP contribution is 2.18. The number of halogens is 2. The lowest BCUT2D eigenvalue weighted by atomic mass is 10.1. The Kier molecular flexibility index (Phi) is 3.86. The topological polar surface area (TPSA) is 20.3 Å². The summed E-state index contributed by atoms with van der Waals surface area (Å²) in [5.74, 6) is -1.07. The maximum absolute atomic E-state index is 13.4. The van der Waals surface area contributed by atoms with Crippen LogP contribution in [0.3, 0.4) is 0 Å². The van der Waals surface area contributed by atoms with Crippen molar-refractivity contribution in [3.05, 3.63) is 46.9 Å². The van der Waals surface area contributed by atoms with Crippen molar-refractivity contribution in [1.82, 2.24) is 4.90 Å². The first kappa shape index (κ1) is 11.7. The van der Waals surface area contributed by atoms with Gasteiger partial charge in [-0.2, -0.15) is 0 Å². The molecular formula is C11H11ClFNO. The Balaban J connectivity index is 2.97. The Labute approximate surface area is 93.0 Å². The van der Waals surface area contributed by atoms with E-state index in [-0.39, 0.29) is 10.6 Å². The van der Waals surface area contributed by atoms with Gasteiger partial charge >= 0.3 is 0 Å². The molecular weight excluding hydrogens is 217 g/mol. The molecule has 4 heteroatoms. The quantitative estimate of drug-likeness (QED) is 0.585. The van der Waals surface area contributed by atoms with Crippen LogP contribution in [0.5, 0.6) is 0 Å². The number of benzene rings is 1. The van der Waals surface area contributed by atoms with Gasteiger partial charge in [0, 0.05) is 26.4 Å². The summed E-state index contributed by atoms with van der Waals surface area (Å²) in [6.07, 6.45) is 2.86. The van der Waals surface area contributed by atoms with Gasteiger partial charge in [-0.1, -0.05) is 17.7 Å². The molecule has 1 rings (SSSR count). The Hall–Kier alpha value is -1.35. The average molecular weight is 228 g/mol. The number of carbonyl (C=O) groups excluding carboxylic acids is 1. The van der Waals surface area contributed by atoms with Gasteiger partial charge in [0.1, 0.15) is 0 Å². The minimum Gasteiger partial charge on any atom is -0.383 e. The largest absolute Gasteiger partial charge is 0.383 e. The first-order chi connectivity index (χ1) is 7.02. The van der Waals surface area contributed by atoms with E-state index in [2.05, 4.69) is 0 Å². The van der Waals surface area contributed by atoms with Crippen LogP contribution < -0.4 is 0 Å². The molecule has 0 unspecified atom stereocenters. The van der Waals surface area contributed by atoms with Crippen LogP contribution in [0, 0.1) is 5.82 Å². The molecule has 0 saturated carbocycles. The summed E-state index contributed by atoms with van der Waals surface area (Å²) >= 11 is 5.56. The summed E-state index contributed by atoms with van der Waals surface area (Å²) in [4.78, 5) is 13.2. The van der Waals surface area contributed by atoms with Crippen LogP contribution in [0.15, 0.2) is 30.5 Å². The average Bonchev–Trinajstić information content (AvgIpc) is 2.18. The monoisotopic (exact) mass is 227 g/mol. The number of carbonyl (C=O) groups is 1. The van der Waals surface area contributed by atoms with Gasteiger partial charge in [-0.15, -0.1) is 0 Å². The predicted octanol–water partition coefficient (Wildman–Crippen LogP) is 2.74. The van der Waals surface area contributed by atoms with E-state index in [0.29, 0.717) is 0 Å². The molecule has 0 fully saturated rings. The fourth-order valence-corrected chi connectivity index (χ4v) is 1.18. The fraction of sp³-hybridized carbons (Fsp3) is 0.182. The molecule has 1 aromatic carbocycles. The van der Waals surface area contributed by atoms with Gasteiger partial charge in [0.25, 0.3) is 0 Å². The van der Waals surface area contributed by atoms with Gasteiger partial charge in [-0.05, 0) is 12.1 Å². The summed E-state index contributed by atoms with van der Waals surface area (Å²) in [5, 5.41) is -0.0425. The first-order valence-electron chi connectivity index (χ1n) is 4.35. The number of allylic oxidation sites excluding steroid dienone is 1. The van der Waals surface area contributed by atoms with E-state index in [1.54, 1.807) is 31.3 Å². The number of nitrogens with zero attached hydrogens (tertiary/aromatic N) is 1. The second-order valence-corrected chi connectivity index (χ2v) is 3.65. The van der Waals surface area contributed by atoms with Crippen LogP contribution in [0.4, 0.5) is 4.39 Å². The zero-order valence-corrected chi connectivity index (χ0v) is 9.25. The molecule has 0 bridgehead atoms. The maximum Gasteiger partial charge on any atom is 0.190 e. The van der Waals surface area contributed by atoms with Gasteiger partial charge in [-0.25, -0.2) is 4.39 Å². The maximum atomic E-state index is 13.4. The molecule has 15 heavy (non-hydrogen) atoms. The van der Waals surface area contributed by atoms with Gasteiger partial charge in [0.2, 0.25) is 0 Å². The molecule has 0 radical (unpaired) electrons. The highest BCUT2D eigenvalue weighted by Gasteiger charge is 2.11. The standard InChI is InChI=1S/C11H11ClFNO/c1-14(2)7-6-10(15)8-4-3-5-9(12)11(8)13/h3-7H,1-2H3/b7-6+. The third-order valence-corrected chi connectivity index (χ3v) is 2.03. The zero-order valence-electron chi connectivity index (χ0n) is 8.50. The van der Waals surface area contributed by atoms with Crippen molar-refractivity contribution in [3.63, 3.8) is 0 Å². The number of hydrogen-bond donors (Lipinski definition) is 0. The fourth-order valence-electron chi connectivity index (χ4n) is 1.00. The van der Waals surface area contributed by atoms with Crippen LogP contribution in [0.2, 0.25) is 5.02 Å². The molecule has 1 aromatic rings. The summed E-state index contributed by atoms with van der Waals surface area (Å²) in [5.41, 5.74) is -0.0133. The Morgan fingerprint density at radius 1 is 1.47 bits per heavy atom. The lowest BCUT2D eigenvalue weighted by Gasteiger charge is -2.03. The second-order valence-electron chi connectivity index (χ2n) is 3.24. The van der Waals surface area contributed by atoms with Crippen LogP contribution >= 0.6 is 11.6 Å². The number of rotatable bonds is 3. The second kappa shape index (κ2) is 4.94. The summed E-state index contributed by atoms with van der Waals surface area (Å²) in [6, 6.07) is 4.36. The molecule has 0 amide bonds. The molecule has 0 aromatic heterocycles. The SMILES string of the molecule is CN(C)/C=C/C(=O)c1cccc(Cl)c1F. The van der Waals surface area contributed by atoms with Crippen LogP contribution in [-0.2, 0) is 0 Å². The van der Waals surface area contributed by atoms with E-state index in [9.17, 15) is 9.18 Å². The summed E-state index contributed by atoms with van der Waals surface area (Å²) < 4.78 is 13.4. The van der Waals surface area contributed by atoms with Crippen molar-refractivity contribution >= 4 is 17.4 Å². The minimum atomic E-state index is -0.674. The first-order valence-corrected chi connectivity index (χ1v) is 4.73. The van der Waals surface area contributed by atoms with Crippen LogP contribution in [0.1, 0.15) is 10.4 Å². The molecule has 0 aliphatic rings. The van der Waals surface area contributed by atoms with Crippen molar-refractivity contribution in [1.29, 1.82) is 0 Å². The Morgan fingerprint density at radius 3 is 2.73 bits per heavy atom. The van der Waals surface area contributed by atoms with Crippen molar-refractivity contribution < 1.29 is 9.18 Å². The molecule has 0 N–H and O–H groups in total. The zero-order chi connectivity index (χ0) is 11.4. The molecule has 0 aliphatic carbocycles. The van der Waals surface area contributed by atoms with Crippen molar-refractivity contribution in [3.8, 4) is 0 Å². The third-order valence-electron chi connectivity index (χ3n) is 1.74. The molecule has 2 nitrogen and oxygen atoms in total. The molecule has 0 atom stereocenters. The third kappa shape index (κ3) is 3.06. The Bertz CT molecular complexity index is 402. The van der Waals surface area contributed by atoms with Gasteiger partial charge in [0.15, 0.2) is 11.6 Å². The van der Waals surface area contributed by atoms with Gasteiger partial charge in [-0.3, -0.25) is 4.79 Å². The predicted molar refractivity (Wildman–Crippen MR) is 58.6 cm³/mol. The molecule has 0 saturated heterocycles. The van der Waals surface area contributed by atoms with E-state index in [0.717, 1.165) is 0 Å². The van der Waals surface area contributed by atoms with E-state index >= 15 is 0 Å². The van der Waals surface area contributed by atoms with Crippen molar-refractivity contribution in [2.45, 2.75) is 0 Å². The van der Waals surface area contributed by atoms with Crippen LogP contribution in [0.25, 0.3) is 0 Å². The highest BCUT2D eigenvalue weighted by atomic mass is 35.5. The van der Waals surface area contributed by atoms with Crippen molar-refractivity contribution in [2.24, 2.45) is 0 Å². The Morgan fingerprint density at radius 2 is 2.13 bits per heavy atom. The van der Waals surface area contributed by atoms with Gasteiger partial charge < -0.3 is 4.90 Å². The number of hydrogen-bond acceptors (Lipinski definition) is 2. The summed E-state index contributed by atoms with van der Waals surface area (Å²) in [7, 11) is 3.55. The van der Waals surface area contributed by atoms with E-state index in [1.165, 1.54) is 18.2 Å². The minimum absolute atomic E-state index is 0.0133.